The molecule has 1 fully saturated rings. The molecule has 0 unspecified atom stereocenters. The van der Waals surface area contributed by atoms with Crippen LogP contribution in [-0.2, 0) is 16.2 Å². The Balaban J connectivity index is 1.63. The Kier molecular flexibility index (Phi) is 8.19. The highest BCUT2D eigenvalue weighted by molar-refractivity contribution is 14.1. The third-order valence-corrected chi connectivity index (χ3v) is 6.76. The van der Waals surface area contributed by atoms with Crippen molar-refractivity contribution in [1.82, 2.24) is 5.32 Å². The van der Waals surface area contributed by atoms with Crippen LogP contribution in [0.4, 0.5) is 16.2 Å². The van der Waals surface area contributed by atoms with Crippen LogP contribution >= 0.6 is 45.8 Å². The van der Waals surface area contributed by atoms with Gasteiger partial charge in [-0.05, 0) is 70.6 Å². The average Bonchev–Trinajstić information content (AvgIpc) is 2.86. The van der Waals surface area contributed by atoms with Crippen molar-refractivity contribution in [2.45, 2.75) is 6.61 Å². The maximum Gasteiger partial charge on any atom is 0.335 e. The standard InChI is InChI=1S/C25H16Cl2IN3O7/c1-37-21-10-13(9-20(28)22(21)38-12-14-2-3-15(26)11-19(14)27)8-18-23(32)29-25(34)30(24(18)33)16-4-6-17(7-5-16)31(35)36/h2-11H,12H2,1H3,(H,29,32,34)/b18-8+. The molecule has 0 spiro atoms. The van der Waals surface area contributed by atoms with E-state index in [0.29, 0.717) is 36.2 Å². The second-order valence-corrected chi connectivity index (χ2v) is 9.80. The molecule has 0 atom stereocenters. The molecule has 1 N–H and O–H groups in total. The van der Waals surface area contributed by atoms with Gasteiger partial charge in [-0.25, -0.2) is 9.69 Å². The minimum absolute atomic E-state index is 0.0632. The fourth-order valence-electron chi connectivity index (χ4n) is 3.53. The molecule has 38 heavy (non-hydrogen) atoms. The quantitative estimate of drug-likeness (QED) is 0.112. The number of benzene rings is 3. The first kappa shape index (κ1) is 27.4. The van der Waals surface area contributed by atoms with Crippen LogP contribution in [0.3, 0.4) is 0 Å². The van der Waals surface area contributed by atoms with Crippen LogP contribution in [0, 0.1) is 13.7 Å². The highest BCUT2D eigenvalue weighted by Gasteiger charge is 2.37. The number of carbonyl (C=O) groups is 3. The number of methoxy groups -OCH3 is 1. The van der Waals surface area contributed by atoms with Gasteiger partial charge in [0.25, 0.3) is 17.5 Å². The number of amides is 4. The SMILES string of the molecule is COc1cc(/C=C2\C(=O)NC(=O)N(c3ccc([N+](=O)[O-])cc3)C2=O)cc(I)c1OCc1ccc(Cl)cc1Cl. The number of carbonyl (C=O) groups excluding carboxylic acids is 3. The number of nitrogens with one attached hydrogen (secondary N) is 1. The third kappa shape index (κ3) is 5.74. The van der Waals surface area contributed by atoms with Crippen LogP contribution in [0.1, 0.15) is 11.1 Å². The molecule has 1 saturated heterocycles. The lowest BCUT2D eigenvalue weighted by molar-refractivity contribution is -0.384. The highest BCUT2D eigenvalue weighted by atomic mass is 127. The van der Waals surface area contributed by atoms with Gasteiger partial charge in [0, 0.05) is 27.7 Å². The van der Waals surface area contributed by atoms with E-state index < -0.39 is 22.8 Å². The largest absolute Gasteiger partial charge is 0.493 e. The van der Waals surface area contributed by atoms with Crippen molar-refractivity contribution in [2.75, 3.05) is 12.0 Å². The van der Waals surface area contributed by atoms with E-state index in [4.69, 9.17) is 32.7 Å². The summed E-state index contributed by atoms with van der Waals surface area (Å²) in [6, 6.07) is 12.1. The summed E-state index contributed by atoms with van der Waals surface area (Å²) in [5, 5.41) is 14.0. The van der Waals surface area contributed by atoms with Gasteiger partial charge in [0.2, 0.25) is 0 Å². The topological polar surface area (TPSA) is 128 Å². The van der Waals surface area contributed by atoms with Gasteiger partial charge in [-0.3, -0.25) is 25.0 Å². The molecule has 0 bridgehead atoms. The maximum atomic E-state index is 13.2. The van der Waals surface area contributed by atoms with Crippen molar-refractivity contribution in [2.24, 2.45) is 0 Å². The van der Waals surface area contributed by atoms with Gasteiger partial charge < -0.3 is 9.47 Å². The molecule has 3 aromatic carbocycles. The van der Waals surface area contributed by atoms with Crippen LogP contribution < -0.4 is 19.7 Å². The number of hydrogen-bond acceptors (Lipinski definition) is 7. The molecule has 10 nitrogen and oxygen atoms in total. The lowest BCUT2D eigenvalue weighted by Crippen LogP contribution is -2.54. The number of anilines is 1. The predicted octanol–water partition coefficient (Wildman–Crippen LogP) is 5.76. The fourth-order valence-corrected chi connectivity index (χ4v) is 4.78. The van der Waals surface area contributed by atoms with Gasteiger partial charge in [-0.2, -0.15) is 0 Å². The minimum atomic E-state index is -0.970. The fraction of sp³-hybridized carbons (Fsp3) is 0.0800. The van der Waals surface area contributed by atoms with Gasteiger partial charge in [-0.15, -0.1) is 0 Å². The summed E-state index contributed by atoms with van der Waals surface area (Å²) in [7, 11) is 1.44. The van der Waals surface area contributed by atoms with E-state index in [1.165, 1.54) is 25.3 Å². The number of hydrogen-bond donors (Lipinski definition) is 1. The smallest absolute Gasteiger partial charge is 0.335 e. The number of nitro benzene ring substituents is 1. The van der Waals surface area contributed by atoms with E-state index in [0.717, 1.165) is 17.0 Å². The zero-order valence-electron chi connectivity index (χ0n) is 19.4. The molecule has 0 saturated carbocycles. The Hall–Kier alpha value is -3.68. The van der Waals surface area contributed by atoms with E-state index >= 15 is 0 Å². The van der Waals surface area contributed by atoms with Crippen molar-refractivity contribution in [1.29, 1.82) is 0 Å². The lowest BCUT2D eigenvalue weighted by atomic mass is 10.1. The molecule has 0 aromatic heterocycles. The van der Waals surface area contributed by atoms with E-state index in [1.807, 2.05) is 22.6 Å². The van der Waals surface area contributed by atoms with Crippen LogP contribution in [0.25, 0.3) is 6.08 Å². The molecule has 3 aromatic rings. The molecule has 4 amide bonds. The van der Waals surface area contributed by atoms with Crippen LogP contribution in [0.2, 0.25) is 10.0 Å². The summed E-state index contributed by atoms with van der Waals surface area (Å²) in [5.41, 5.74) is 0.670. The van der Waals surface area contributed by atoms with E-state index in [9.17, 15) is 24.5 Å². The van der Waals surface area contributed by atoms with E-state index in [2.05, 4.69) is 5.32 Å². The number of barbiturate groups is 1. The van der Waals surface area contributed by atoms with Gasteiger partial charge in [0.15, 0.2) is 11.5 Å². The molecular formula is C25H16Cl2IN3O7. The Morgan fingerprint density at radius 3 is 2.42 bits per heavy atom. The Morgan fingerprint density at radius 2 is 1.79 bits per heavy atom. The van der Waals surface area contributed by atoms with Gasteiger partial charge in [0.1, 0.15) is 12.2 Å². The number of nitrogens with zero attached hydrogens (tertiary/aromatic N) is 2. The summed E-state index contributed by atoms with van der Waals surface area (Å²) < 4.78 is 12.0. The molecule has 1 aliphatic heterocycles. The summed E-state index contributed by atoms with van der Waals surface area (Å²) in [6.45, 7) is 0.135. The summed E-state index contributed by atoms with van der Waals surface area (Å²) >= 11 is 14.2. The van der Waals surface area contributed by atoms with Crippen molar-refractivity contribution in [3.05, 3.63) is 95.0 Å². The number of ether oxygens (including phenoxy) is 2. The van der Waals surface area contributed by atoms with Crippen molar-refractivity contribution < 1.29 is 28.8 Å². The van der Waals surface area contributed by atoms with Crippen LogP contribution in [0.5, 0.6) is 11.5 Å². The lowest BCUT2D eigenvalue weighted by Gasteiger charge is -2.26. The third-order valence-electron chi connectivity index (χ3n) is 5.37. The average molecular weight is 668 g/mol. The highest BCUT2D eigenvalue weighted by Crippen LogP contribution is 2.36. The molecule has 4 rings (SSSR count). The molecule has 13 heteroatoms. The Bertz CT molecular complexity index is 1510. The van der Waals surface area contributed by atoms with Crippen molar-refractivity contribution in [3.8, 4) is 11.5 Å². The van der Waals surface area contributed by atoms with Crippen LogP contribution in [0.15, 0.2) is 60.2 Å². The number of halogens is 3. The normalized spacial score (nSPS) is 14.5. The maximum absolute atomic E-state index is 13.2. The number of nitro groups is 1. The first-order valence-corrected chi connectivity index (χ1v) is 12.5. The number of rotatable bonds is 7. The van der Waals surface area contributed by atoms with Crippen molar-refractivity contribution >= 4 is 81.1 Å². The summed E-state index contributed by atoms with van der Waals surface area (Å²) in [5.74, 6) is -1.02. The first-order valence-electron chi connectivity index (χ1n) is 10.7. The van der Waals surface area contributed by atoms with Crippen molar-refractivity contribution in [3.63, 3.8) is 0 Å². The monoisotopic (exact) mass is 667 g/mol. The Morgan fingerprint density at radius 1 is 1.08 bits per heavy atom. The Labute approximate surface area is 239 Å². The molecule has 1 heterocycles. The number of non-ortho nitro benzene ring substituents is 1. The predicted molar refractivity (Wildman–Crippen MR) is 149 cm³/mol. The summed E-state index contributed by atoms with van der Waals surface area (Å²) in [6.07, 6.45) is 1.31. The van der Waals surface area contributed by atoms with E-state index in [-0.39, 0.29) is 23.6 Å². The van der Waals surface area contributed by atoms with Gasteiger partial charge in [0.05, 0.1) is 21.3 Å². The van der Waals surface area contributed by atoms with Gasteiger partial charge >= 0.3 is 6.03 Å². The zero-order chi connectivity index (χ0) is 27.6. The molecule has 1 aliphatic rings. The minimum Gasteiger partial charge on any atom is -0.493 e. The van der Waals surface area contributed by atoms with Crippen LogP contribution in [-0.4, -0.2) is 29.9 Å². The first-order chi connectivity index (χ1) is 18.1. The second-order valence-electron chi connectivity index (χ2n) is 7.79. The molecule has 0 aliphatic carbocycles. The number of imide groups is 2. The number of urea groups is 1. The molecule has 0 radical (unpaired) electrons. The second kappa shape index (κ2) is 11.4. The zero-order valence-corrected chi connectivity index (χ0v) is 23.0. The summed E-state index contributed by atoms with van der Waals surface area (Å²) in [4.78, 5) is 49.2. The molecular weight excluding hydrogens is 652 g/mol. The van der Waals surface area contributed by atoms with E-state index in [1.54, 1.807) is 30.3 Å². The molecule has 194 valence electrons. The van der Waals surface area contributed by atoms with Gasteiger partial charge in [-0.1, -0.05) is 29.3 Å².